The number of hydrogen-bond acceptors (Lipinski definition) is 3. The minimum atomic E-state index is 0.195. The molecule has 1 fully saturated rings. The first-order chi connectivity index (χ1) is 9.20. The van der Waals surface area contributed by atoms with E-state index in [1.54, 1.807) is 6.92 Å². The molecule has 0 radical (unpaired) electrons. The number of piperidine rings is 1. The second-order valence-corrected chi connectivity index (χ2v) is 6.16. The van der Waals surface area contributed by atoms with Crippen LogP contribution in [0.5, 0.6) is 0 Å². The van der Waals surface area contributed by atoms with Crippen molar-refractivity contribution in [1.82, 2.24) is 4.90 Å². The number of benzene rings is 1. The standard InChI is InChI=1S/C15H22N2OS/c1-3-19-15-7-5-4-6-14(15)16-13-8-10-17(11-9-13)12(2)18/h4-7,13,16H,3,8-11H2,1-2H3. The number of carbonyl (C=O) groups excluding carboxylic acids is 1. The minimum Gasteiger partial charge on any atom is -0.381 e. The van der Waals surface area contributed by atoms with Crippen LogP contribution >= 0.6 is 11.8 Å². The summed E-state index contributed by atoms with van der Waals surface area (Å²) in [5, 5.41) is 3.63. The van der Waals surface area contributed by atoms with Gasteiger partial charge in [-0.2, -0.15) is 0 Å². The average molecular weight is 278 g/mol. The molecular weight excluding hydrogens is 256 g/mol. The molecule has 1 aliphatic rings. The fraction of sp³-hybridized carbons (Fsp3) is 0.533. The van der Waals surface area contributed by atoms with Gasteiger partial charge in [0.1, 0.15) is 0 Å². The molecule has 4 heteroatoms. The molecule has 1 N–H and O–H groups in total. The molecule has 3 nitrogen and oxygen atoms in total. The third-order valence-corrected chi connectivity index (χ3v) is 4.44. The first-order valence-corrected chi connectivity index (χ1v) is 7.93. The van der Waals surface area contributed by atoms with Crippen molar-refractivity contribution in [2.75, 3.05) is 24.2 Å². The molecule has 2 rings (SSSR count). The summed E-state index contributed by atoms with van der Waals surface area (Å²) in [6, 6.07) is 8.96. The predicted octanol–water partition coefficient (Wildman–Crippen LogP) is 3.22. The Morgan fingerprint density at radius 3 is 2.68 bits per heavy atom. The van der Waals surface area contributed by atoms with Gasteiger partial charge in [-0.15, -0.1) is 11.8 Å². The van der Waals surface area contributed by atoms with Crippen molar-refractivity contribution in [1.29, 1.82) is 0 Å². The molecule has 19 heavy (non-hydrogen) atoms. The van der Waals surface area contributed by atoms with Crippen molar-refractivity contribution in [3.8, 4) is 0 Å². The molecule has 0 bridgehead atoms. The van der Waals surface area contributed by atoms with E-state index >= 15 is 0 Å². The number of amides is 1. The van der Waals surface area contributed by atoms with Crippen LogP contribution in [0.25, 0.3) is 0 Å². The molecule has 1 heterocycles. The van der Waals surface area contributed by atoms with Gasteiger partial charge in [-0.05, 0) is 30.7 Å². The first-order valence-electron chi connectivity index (χ1n) is 6.94. The lowest BCUT2D eigenvalue weighted by molar-refractivity contribution is -0.129. The van der Waals surface area contributed by atoms with Crippen molar-refractivity contribution >= 4 is 23.4 Å². The summed E-state index contributed by atoms with van der Waals surface area (Å²) in [7, 11) is 0. The fourth-order valence-electron chi connectivity index (χ4n) is 2.43. The lowest BCUT2D eigenvalue weighted by Gasteiger charge is -2.32. The average Bonchev–Trinajstić information content (AvgIpc) is 2.42. The molecular formula is C15H22N2OS. The topological polar surface area (TPSA) is 32.3 Å². The maximum absolute atomic E-state index is 11.3. The van der Waals surface area contributed by atoms with E-state index in [0.29, 0.717) is 6.04 Å². The summed E-state index contributed by atoms with van der Waals surface area (Å²) in [6.45, 7) is 5.57. The molecule has 0 saturated carbocycles. The van der Waals surface area contributed by atoms with Gasteiger partial charge in [0.05, 0.1) is 0 Å². The molecule has 1 amide bonds. The van der Waals surface area contributed by atoms with Crippen LogP contribution in [0, 0.1) is 0 Å². The highest BCUT2D eigenvalue weighted by molar-refractivity contribution is 7.99. The third kappa shape index (κ3) is 3.90. The maximum Gasteiger partial charge on any atom is 0.219 e. The van der Waals surface area contributed by atoms with E-state index in [-0.39, 0.29) is 5.91 Å². The predicted molar refractivity (Wildman–Crippen MR) is 81.7 cm³/mol. The smallest absolute Gasteiger partial charge is 0.219 e. The highest BCUT2D eigenvalue weighted by Gasteiger charge is 2.20. The molecule has 0 atom stereocenters. The number of carbonyl (C=O) groups is 1. The van der Waals surface area contributed by atoms with E-state index in [1.165, 1.54) is 10.6 Å². The normalized spacial score (nSPS) is 16.4. The monoisotopic (exact) mass is 278 g/mol. The quantitative estimate of drug-likeness (QED) is 0.858. The Labute approximate surface area is 119 Å². The Balaban J connectivity index is 1.93. The van der Waals surface area contributed by atoms with Gasteiger partial charge in [0, 0.05) is 36.6 Å². The van der Waals surface area contributed by atoms with E-state index in [9.17, 15) is 4.79 Å². The SMILES string of the molecule is CCSc1ccccc1NC1CCN(C(C)=O)CC1. The van der Waals surface area contributed by atoms with E-state index in [2.05, 4.69) is 36.5 Å². The van der Waals surface area contributed by atoms with Gasteiger partial charge in [0.25, 0.3) is 0 Å². The van der Waals surface area contributed by atoms with Crippen molar-refractivity contribution < 1.29 is 4.79 Å². The molecule has 0 unspecified atom stereocenters. The van der Waals surface area contributed by atoms with Gasteiger partial charge in [0.15, 0.2) is 0 Å². The minimum absolute atomic E-state index is 0.195. The summed E-state index contributed by atoms with van der Waals surface area (Å²) >= 11 is 1.87. The van der Waals surface area contributed by atoms with E-state index in [1.807, 2.05) is 16.7 Å². The van der Waals surface area contributed by atoms with Crippen molar-refractivity contribution in [2.24, 2.45) is 0 Å². The maximum atomic E-state index is 11.3. The second kappa shape index (κ2) is 6.85. The zero-order valence-corrected chi connectivity index (χ0v) is 12.5. The van der Waals surface area contributed by atoms with E-state index in [0.717, 1.165) is 31.7 Å². The lowest BCUT2D eigenvalue weighted by atomic mass is 10.0. The molecule has 1 aliphatic heterocycles. The van der Waals surface area contributed by atoms with Gasteiger partial charge in [-0.1, -0.05) is 19.1 Å². The fourth-order valence-corrected chi connectivity index (χ4v) is 3.19. The van der Waals surface area contributed by atoms with Crippen LogP contribution in [-0.4, -0.2) is 35.7 Å². The first kappa shape index (κ1) is 14.3. The number of rotatable bonds is 4. The van der Waals surface area contributed by atoms with Crippen LogP contribution in [-0.2, 0) is 4.79 Å². The molecule has 0 aromatic heterocycles. The molecule has 0 aliphatic carbocycles. The van der Waals surface area contributed by atoms with E-state index in [4.69, 9.17) is 0 Å². The zero-order chi connectivity index (χ0) is 13.7. The van der Waals surface area contributed by atoms with E-state index < -0.39 is 0 Å². The van der Waals surface area contributed by atoms with Gasteiger partial charge >= 0.3 is 0 Å². The van der Waals surface area contributed by atoms with Crippen LogP contribution < -0.4 is 5.32 Å². The number of para-hydroxylation sites is 1. The number of likely N-dealkylation sites (tertiary alicyclic amines) is 1. The summed E-state index contributed by atoms with van der Waals surface area (Å²) in [5.74, 6) is 1.28. The van der Waals surface area contributed by atoms with Crippen LogP contribution in [0.2, 0.25) is 0 Å². The van der Waals surface area contributed by atoms with Gasteiger partial charge in [-0.25, -0.2) is 0 Å². The van der Waals surface area contributed by atoms with Crippen LogP contribution in [0.4, 0.5) is 5.69 Å². The highest BCUT2D eigenvalue weighted by Crippen LogP contribution is 2.28. The van der Waals surface area contributed by atoms with Gasteiger partial charge < -0.3 is 10.2 Å². The van der Waals surface area contributed by atoms with Crippen LogP contribution in [0.15, 0.2) is 29.2 Å². The zero-order valence-electron chi connectivity index (χ0n) is 11.7. The lowest BCUT2D eigenvalue weighted by Crippen LogP contribution is -2.41. The Morgan fingerprint density at radius 1 is 1.37 bits per heavy atom. The van der Waals surface area contributed by atoms with Gasteiger partial charge in [0.2, 0.25) is 5.91 Å². The Kier molecular flexibility index (Phi) is 5.14. The number of thioether (sulfide) groups is 1. The number of hydrogen-bond donors (Lipinski definition) is 1. The Morgan fingerprint density at radius 2 is 2.05 bits per heavy atom. The molecule has 1 saturated heterocycles. The Bertz CT molecular complexity index is 428. The number of anilines is 1. The van der Waals surface area contributed by atoms with Crippen molar-refractivity contribution in [2.45, 2.75) is 37.6 Å². The molecule has 104 valence electrons. The molecule has 1 aromatic carbocycles. The second-order valence-electron chi connectivity index (χ2n) is 4.85. The van der Waals surface area contributed by atoms with Crippen LogP contribution in [0.1, 0.15) is 26.7 Å². The van der Waals surface area contributed by atoms with Crippen molar-refractivity contribution in [3.05, 3.63) is 24.3 Å². The van der Waals surface area contributed by atoms with Gasteiger partial charge in [-0.3, -0.25) is 4.79 Å². The summed E-state index contributed by atoms with van der Waals surface area (Å²) in [5.41, 5.74) is 1.23. The Hall–Kier alpha value is -1.16. The summed E-state index contributed by atoms with van der Waals surface area (Å²) < 4.78 is 0. The number of nitrogens with one attached hydrogen (secondary N) is 1. The molecule has 0 spiro atoms. The molecule has 1 aromatic rings. The summed E-state index contributed by atoms with van der Waals surface area (Å²) in [6.07, 6.45) is 2.06. The number of nitrogens with zero attached hydrogens (tertiary/aromatic N) is 1. The largest absolute Gasteiger partial charge is 0.381 e. The van der Waals surface area contributed by atoms with Crippen LogP contribution in [0.3, 0.4) is 0 Å². The third-order valence-electron chi connectivity index (χ3n) is 3.49. The summed E-state index contributed by atoms with van der Waals surface area (Å²) in [4.78, 5) is 14.6. The highest BCUT2D eigenvalue weighted by atomic mass is 32.2. The van der Waals surface area contributed by atoms with Crippen molar-refractivity contribution in [3.63, 3.8) is 0 Å².